The molecule has 220 valence electrons. The van der Waals surface area contributed by atoms with Gasteiger partial charge < -0.3 is 9.47 Å². The second-order valence-electron chi connectivity index (χ2n) is 10.3. The summed E-state index contributed by atoms with van der Waals surface area (Å²) in [6.45, 7) is 9.01. The third-order valence-electron chi connectivity index (χ3n) is 6.94. The topological polar surface area (TPSA) is 65.7 Å². The average Bonchev–Trinajstić information content (AvgIpc) is 2.98. The second kappa shape index (κ2) is 13.3. The molecule has 0 aliphatic heterocycles. The number of para-hydroxylation sites is 1. The van der Waals surface area contributed by atoms with Crippen LogP contribution in [-0.2, 0) is 6.61 Å². The first-order valence-electron chi connectivity index (χ1n) is 13.9. The molecule has 9 heteroatoms. The molecule has 0 saturated carbocycles. The number of fused-ring (bicyclic) bond motifs is 1. The van der Waals surface area contributed by atoms with Gasteiger partial charge in [0.05, 0.1) is 33.8 Å². The zero-order chi connectivity index (χ0) is 30.7. The predicted octanol–water partition coefficient (Wildman–Crippen LogP) is 9.42. The number of hydrogen-bond acceptors (Lipinski definition) is 5. The molecule has 6 nitrogen and oxygen atoms in total. The second-order valence-corrected chi connectivity index (χ2v) is 12.1. The Bertz CT molecular complexity index is 1900. The van der Waals surface area contributed by atoms with Crippen molar-refractivity contribution in [2.75, 3.05) is 6.61 Å². The van der Waals surface area contributed by atoms with Crippen LogP contribution in [0.2, 0.25) is 10.0 Å². The lowest BCUT2D eigenvalue weighted by Crippen LogP contribution is -2.21. The molecule has 0 amide bonds. The summed E-state index contributed by atoms with van der Waals surface area (Å²) in [5.41, 5.74) is 4.62. The molecule has 0 aliphatic rings. The lowest BCUT2D eigenvalue weighted by molar-refractivity contribution is 0.306. The van der Waals surface area contributed by atoms with Crippen LogP contribution in [0.25, 0.3) is 22.3 Å². The molecule has 5 rings (SSSR count). The number of aromatic nitrogens is 2. The first-order chi connectivity index (χ1) is 20.7. The van der Waals surface area contributed by atoms with Crippen molar-refractivity contribution >= 4 is 56.2 Å². The Kier molecular flexibility index (Phi) is 9.55. The van der Waals surface area contributed by atoms with Crippen LogP contribution < -0.4 is 15.0 Å². The predicted molar refractivity (Wildman–Crippen MR) is 179 cm³/mol. The molecule has 1 aromatic heterocycles. The van der Waals surface area contributed by atoms with Gasteiger partial charge in [0.1, 0.15) is 18.1 Å². The zero-order valence-corrected chi connectivity index (χ0v) is 27.3. The molecule has 43 heavy (non-hydrogen) atoms. The maximum absolute atomic E-state index is 13.9. The van der Waals surface area contributed by atoms with E-state index < -0.39 is 0 Å². The van der Waals surface area contributed by atoms with Crippen LogP contribution in [0.4, 0.5) is 0 Å². The Hall–Kier alpha value is -3.65. The van der Waals surface area contributed by atoms with Gasteiger partial charge in [-0.2, -0.15) is 9.78 Å². The molecule has 4 aromatic carbocycles. The Morgan fingerprint density at radius 2 is 1.77 bits per heavy atom. The van der Waals surface area contributed by atoms with Gasteiger partial charge >= 0.3 is 0 Å². The van der Waals surface area contributed by atoms with E-state index in [1.807, 2.05) is 62.4 Å². The molecule has 0 spiro atoms. The van der Waals surface area contributed by atoms with Crippen LogP contribution in [0.5, 0.6) is 11.5 Å². The van der Waals surface area contributed by atoms with Crippen LogP contribution in [0.3, 0.4) is 0 Å². The van der Waals surface area contributed by atoms with Crippen molar-refractivity contribution in [1.29, 1.82) is 0 Å². The van der Waals surface area contributed by atoms with Gasteiger partial charge in [-0.05, 0) is 91.1 Å². The third-order valence-corrected chi connectivity index (χ3v) is 8.17. The van der Waals surface area contributed by atoms with Crippen molar-refractivity contribution in [3.63, 3.8) is 0 Å². The van der Waals surface area contributed by atoms with Crippen LogP contribution in [0.15, 0.2) is 87.2 Å². The fourth-order valence-electron chi connectivity index (χ4n) is 4.74. The molecule has 0 unspecified atom stereocenters. The smallest absolute Gasteiger partial charge is 0.282 e. The van der Waals surface area contributed by atoms with Gasteiger partial charge in [-0.1, -0.05) is 71.2 Å². The van der Waals surface area contributed by atoms with Crippen molar-refractivity contribution in [2.45, 2.75) is 40.2 Å². The molecule has 0 fully saturated rings. The van der Waals surface area contributed by atoms with E-state index in [0.717, 1.165) is 32.5 Å². The summed E-state index contributed by atoms with van der Waals surface area (Å²) in [5.74, 6) is 2.05. The summed E-state index contributed by atoms with van der Waals surface area (Å²) in [5, 5.41) is 6.12. The SMILES string of the molecule is CCOc1cc(C)c(-c2nc3ccccc3c(=O)n2N=Cc2cc(Br)ccc2OCc2ccc(Cl)c(Cl)c2)cc1C(C)C. The number of ether oxygens (including phenoxy) is 2. The fraction of sp³-hybridized carbons (Fsp3) is 0.206. The average molecular weight is 679 g/mol. The zero-order valence-electron chi connectivity index (χ0n) is 24.2. The Morgan fingerprint density at radius 1 is 0.977 bits per heavy atom. The molecule has 0 bridgehead atoms. The molecule has 0 saturated heterocycles. The summed E-state index contributed by atoms with van der Waals surface area (Å²) < 4.78 is 14.3. The van der Waals surface area contributed by atoms with E-state index in [-0.39, 0.29) is 18.1 Å². The van der Waals surface area contributed by atoms with E-state index in [1.54, 1.807) is 24.4 Å². The largest absolute Gasteiger partial charge is 0.494 e. The molecule has 0 radical (unpaired) electrons. The molecule has 0 N–H and O–H groups in total. The molecule has 5 aromatic rings. The van der Waals surface area contributed by atoms with Gasteiger partial charge in [0.2, 0.25) is 0 Å². The summed E-state index contributed by atoms with van der Waals surface area (Å²) in [6.07, 6.45) is 1.61. The lowest BCUT2D eigenvalue weighted by atomic mass is 9.96. The summed E-state index contributed by atoms with van der Waals surface area (Å²) in [4.78, 5) is 18.8. The first-order valence-corrected chi connectivity index (χ1v) is 15.4. The standard InChI is InChI=1S/C34H30BrCl2N3O3/c1-5-42-32-14-21(4)27(17-26(32)20(2)3)33-39-30-9-7-6-8-25(30)34(41)40(33)38-18-23-16-24(35)11-13-31(23)43-19-22-10-12-28(36)29(37)15-22/h6-18,20H,5,19H2,1-4H3. The molecular formula is C34H30BrCl2N3O3. The summed E-state index contributed by atoms with van der Waals surface area (Å²) in [7, 11) is 0. The number of rotatable bonds is 9. The monoisotopic (exact) mass is 677 g/mol. The van der Waals surface area contributed by atoms with Crippen molar-refractivity contribution in [3.8, 4) is 22.9 Å². The number of hydrogen-bond donors (Lipinski definition) is 0. The van der Waals surface area contributed by atoms with Gasteiger partial charge in [-0.3, -0.25) is 4.79 Å². The quantitative estimate of drug-likeness (QED) is 0.146. The highest BCUT2D eigenvalue weighted by molar-refractivity contribution is 9.10. The molecule has 1 heterocycles. The van der Waals surface area contributed by atoms with E-state index in [2.05, 4.69) is 35.8 Å². The summed E-state index contributed by atoms with van der Waals surface area (Å²) >= 11 is 15.8. The van der Waals surface area contributed by atoms with Crippen LogP contribution in [0.1, 0.15) is 48.9 Å². The maximum Gasteiger partial charge on any atom is 0.282 e. The van der Waals surface area contributed by atoms with Gasteiger partial charge in [0, 0.05) is 15.6 Å². The van der Waals surface area contributed by atoms with Gasteiger partial charge in [-0.25, -0.2) is 4.98 Å². The van der Waals surface area contributed by atoms with E-state index in [9.17, 15) is 4.79 Å². The first kappa shape index (κ1) is 30.8. The lowest BCUT2D eigenvalue weighted by Gasteiger charge is -2.18. The molecule has 0 aliphatic carbocycles. The highest BCUT2D eigenvalue weighted by Crippen LogP contribution is 2.34. The Labute approximate surface area is 269 Å². The highest BCUT2D eigenvalue weighted by Gasteiger charge is 2.19. The number of benzene rings is 4. The van der Waals surface area contributed by atoms with Gasteiger partial charge in [0.25, 0.3) is 5.56 Å². The minimum absolute atomic E-state index is 0.196. The van der Waals surface area contributed by atoms with Gasteiger partial charge in [-0.15, -0.1) is 0 Å². The maximum atomic E-state index is 13.9. The van der Waals surface area contributed by atoms with Crippen molar-refractivity contribution < 1.29 is 9.47 Å². The third kappa shape index (κ3) is 6.80. The minimum atomic E-state index is -0.274. The van der Waals surface area contributed by atoms with Crippen molar-refractivity contribution in [3.05, 3.63) is 120 Å². The van der Waals surface area contributed by atoms with E-state index in [1.165, 1.54) is 4.68 Å². The van der Waals surface area contributed by atoms with Crippen molar-refractivity contribution in [2.24, 2.45) is 5.10 Å². The van der Waals surface area contributed by atoms with E-state index in [0.29, 0.717) is 44.7 Å². The van der Waals surface area contributed by atoms with Crippen LogP contribution in [-0.4, -0.2) is 22.5 Å². The number of aryl methyl sites for hydroxylation is 1. The molecule has 0 atom stereocenters. The van der Waals surface area contributed by atoms with Crippen LogP contribution >= 0.6 is 39.1 Å². The van der Waals surface area contributed by atoms with E-state index >= 15 is 0 Å². The normalized spacial score (nSPS) is 11.5. The highest BCUT2D eigenvalue weighted by atomic mass is 79.9. The minimum Gasteiger partial charge on any atom is -0.494 e. The van der Waals surface area contributed by atoms with Crippen LogP contribution in [0, 0.1) is 6.92 Å². The number of halogens is 3. The van der Waals surface area contributed by atoms with E-state index in [4.69, 9.17) is 42.8 Å². The Morgan fingerprint density at radius 3 is 2.51 bits per heavy atom. The molecular weight excluding hydrogens is 649 g/mol. The summed E-state index contributed by atoms with van der Waals surface area (Å²) in [6, 6.07) is 22.3. The number of nitrogens with zero attached hydrogens (tertiary/aromatic N) is 3. The Balaban J connectivity index is 1.62. The fourth-order valence-corrected chi connectivity index (χ4v) is 5.44. The van der Waals surface area contributed by atoms with Gasteiger partial charge in [0.15, 0.2) is 5.82 Å². The van der Waals surface area contributed by atoms with Crippen molar-refractivity contribution in [1.82, 2.24) is 9.66 Å².